The van der Waals surface area contributed by atoms with E-state index in [1.165, 1.54) is 23.8 Å². The Kier molecular flexibility index (Phi) is 28.0. The Hall–Kier alpha value is -3.28. The summed E-state index contributed by atoms with van der Waals surface area (Å²) in [6.45, 7) is 23.3. The van der Waals surface area contributed by atoms with Gasteiger partial charge in [-0.15, -0.1) is 0 Å². The lowest BCUT2D eigenvalue weighted by molar-refractivity contribution is -0.130. The molecule has 1 aromatic rings. The van der Waals surface area contributed by atoms with Crippen molar-refractivity contribution < 1.29 is 24.2 Å². The number of hydrogen-bond acceptors (Lipinski definition) is 6. The number of carbonyl (C=O) groups excluding carboxylic acids is 3. The van der Waals surface area contributed by atoms with Crippen LogP contribution in [-0.2, 0) is 19.1 Å². The van der Waals surface area contributed by atoms with Crippen molar-refractivity contribution in [3.63, 3.8) is 0 Å². The van der Waals surface area contributed by atoms with Gasteiger partial charge in [-0.2, -0.15) is 0 Å². The highest BCUT2D eigenvalue weighted by Gasteiger charge is 2.25. The zero-order valence-corrected chi connectivity index (χ0v) is 32.7. The van der Waals surface area contributed by atoms with Crippen molar-refractivity contribution in [2.45, 2.75) is 127 Å². The first-order valence-electron chi connectivity index (χ1n) is 17.4. The first kappa shape index (κ1) is 46.8. The smallest absolute Gasteiger partial charge is 0.230 e. The molecule has 1 heterocycles. The Bertz CT molecular complexity index is 1220. The molecule has 48 heavy (non-hydrogen) atoms. The SMILES string of the molecule is CC.CC/C=C(C)/C=C(/CC(=O)N1CCC(O)C1)OC.CCC.CCC#CSC(=C(C)C)c1ccc(C(CC(=O)C(C)C)NC=O)cc1. The van der Waals surface area contributed by atoms with E-state index < -0.39 is 0 Å². The molecule has 2 N–H and O–H groups in total. The lowest BCUT2D eigenvalue weighted by Crippen LogP contribution is -2.29. The van der Waals surface area contributed by atoms with Crippen molar-refractivity contribution in [1.82, 2.24) is 10.2 Å². The third-order valence-electron chi connectivity index (χ3n) is 6.77. The van der Waals surface area contributed by atoms with Crippen LogP contribution in [0.1, 0.15) is 132 Å². The van der Waals surface area contributed by atoms with Crippen molar-refractivity contribution in [3.8, 4) is 11.2 Å². The summed E-state index contributed by atoms with van der Waals surface area (Å²) in [5, 5.41) is 15.3. The van der Waals surface area contributed by atoms with Gasteiger partial charge in [0.2, 0.25) is 12.3 Å². The molecule has 1 aliphatic rings. The molecule has 1 aliphatic heterocycles. The van der Waals surface area contributed by atoms with E-state index in [2.05, 4.69) is 57.2 Å². The van der Waals surface area contributed by atoms with Crippen molar-refractivity contribution in [2.24, 2.45) is 5.92 Å². The number of Topliss-reactive ketones (excluding diaryl/α,β-unsaturated/α-hetero) is 1. The van der Waals surface area contributed by atoms with Gasteiger partial charge in [0.25, 0.3) is 0 Å². The summed E-state index contributed by atoms with van der Waals surface area (Å²) in [4.78, 5) is 37.7. The molecule has 2 rings (SSSR count). The van der Waals surface area contributed by atoms with E-state index in [1.807, 2.05) is 71.9 Å². The number of amides is 2. The van der Waals surface area contributed by atoms with Crippen LogP contribution < -0.4 is 5.32 Å². The number of ketones is 1. The Morgan fingerprint density at radius 1 is 1.10 bits per heavy atom. The van der Waals surface area contributed by atoms with Gasteiger partial charge in [-0.1, -0.05) is 109 Å². The second kappa shape index (κ2) is 28.7. The largest absolute Gasteiger partial charge is 0.501 e. The summed E-state index contributed by atoms with van der Waals surface area (Å²) < 4.78 is 5.23. The first-order valence-corrected chi connectivity index (χ1v) is 18.2. The molecule has 2 amide bonds. The highest BCUT2D eigenvalue weighted by Crippen LogP contribution is 2.31. The van der Waals surface area contributed by atoms with Gasteiger partial charge in [-0.25, -0.2) is 0 Å². The second-order valence-electron chi connectivity index (χ2n) is 11.7. The van der Waals surface area contributed by atoms with Crippen LogP contribution in [0.3, 0.4) is 0 Å². The Morgan fingerprint density at radius 2 is 1.71 bits per heavy atom. The van der Waals surface area contributed by atoms with Crippen molar-refractivity contribution in [1.29, 1.82) is 0 Å². The third kappa shape index (κ3) is 20.2. The summed E-state index contributed by atoms with van der Waals surface area (Å²) in [7, 11) is 1.58. The second-order valence-corrected chi connectivity index (χ2v) is 12.5. The maximum absolute atomic E-state index is 12.0. The van der Waals surface area contributed by atoms with Crippen LogP contribution in [0.4, 0.5) is 0 Å². The number of hydrogen-bond donors (Lipinski definition) is 2. The Morgan fingerprint density at radius 3 is 2.15 bits per heavy atom. The number of benzene rings is 1. The number of rotatable bonds is 13. The minimum atomic E-state index is -0.370. The molecule has 0 aliphatic carbocycles. The Balaban J connectivity index is 0. The van der Waals surface area contributed by atoms with Gasteiger partial charge >= 0.3 is 0 Å². The van der Waals surface area contributed by atoms with Gasteiger partial charge in [0.05, 0.1) is 25.7 Å². The van der Waals surface area contributed by atoms with E-state index in [-0.39, 0.29) is 36.2 Å². The predicted octanol–water partition coefficient (Wildman–Crippen LogP) is 9.24. The van der Waals surface area contributed by atoms with Gasteiger partial charge in [-0.3, -0.25) is 14.4 Å². The van der Waals surface area contributed by atoms with Crippen molar-refractivity contribution in [3.05, 3.63) is 64.4 Å². The number of methoxy groups -OCH3 is 1. The van der Waals surface area contributed by atoms with Crippen LogP contribution in [0, 0.1) is 17.1 Å². The number of aliphatic hydroxyl groups excluding tert-OH is 1. The molecule has 0 spiro atoms. The third-order valence-corrected chi connectivity index (χ3v) is 7.86. The number of β-amino-alcohol motifs (C(OH)–C–C–N with tert-alkyl or cyclic N) is 1. The zero-order chi connectivity index (χ0) is 37.1. The van der Waals surface area contributed by atoms with Gasteiger partial charge in [0.1, 0.15) is 11.5 Å². The van der Waals surface area contributed by atoms with Gasteiger partial charge in [0, 0.05) is 36.8 Å². The number of aliphatic hydroxyl groups is 1. The molecule has 2 atom stereocenters. The van der Waals surface area contributed by atoms with Crippen LogP contribution in [0.15, 0.2) is 53.3 Å². The van der Waals surface area contributed by atoms with E-state index in [1.54, 1.807) is 12.0 Å². The predicted molar refractivity (Wildman–Crippen MR) is 205 cm³/mol. The van der Waals surface area contributed by atoms with E-state index in [0.29, 0.717) is 38.1 Å². The number of likely N-dealkylation sites (tertiary alicyclic amines) is 1. The van der Waals surface area contributed by atoms with Crippen LogP contribution in [0.25, 0.3) is 4.91 Å². The average molecular weight is 685 g/mol. The molecule has 1 fully saturated rings. The van der Waals surface area contributed by atoms with Crippen molar-refractivity contribution >= 4 is 34.8 Å². The highest BCUT2D eigenvalue weighted by atomic mass is 32.2. The molecule has 0 aromatic heterocycles. The number of thioether (sulfide) groups is 1. The molecule has 0 radical (unpaired) electrons. The molecule has 270 valence electrons. The fourth-order valence-corrected chi connectivity index (χ4v) is 5.09. The van der Waals surface area contributed by atoms with E-state index in [0.717, 1.165) is 34.4 Å². The Labute approximate surface area is 297 Å². The molecule has 1 aromatic carbocycles. The van der Waals surface area contributed by atoms with Crippen molar-refractivity contribution in [2.75, 3.05) is 20.2 Å². The molecule has 8 heteroatoms. The van der Waals surface area contributed by atoms with Crippen LogP contribution in [0.5, 0.6) is 0 Å². The minimum Gasteiger partial charge on any atom is -0.501 e. The molecule has 2 unspecified atom stereocenters. The molecule has 1 saturated heterocycles. The minimum absolute atomic E-state index is 0.0175. The lowest BCUT2D eigenvalue weighted by atomic mass is 9.95. The number of carbonyl (C=O) groups is 3. The first-order chi connectivity index (χ1) is 22.9. The molecule has 0 saturated carbocycles. The van der Waals surface area contributed by atoms with Crippen LogP contribution in [-0.4, -0.2) is 54.4 Å². The monoisotopic (exact) mass is 684 g/mol. The maximum atomic E-state index is 12.0. The summed E-state index contributed by atoms with van der Waals surface area (Å²) >= 11 is 1.54. The summed E-state index contributed by atoms with van der Waals surface area (Å²) in [5.41, 5.74) is 4.34. The molecule has 7 nitrogen and oxygen atoms in total. The maximum Gasteiger partial charge on any atom is 0.230 e. The van der Waals surface area contributed by atoms with E-state index in [9.17, 15) is 19.5 Å². The fraction of sp³-hybridized carbons (Fsp3) is 0.575. The average Bonchev–Trinajstić information content (AvgIpc) is 3.50. The van der Waals surface area contributed by atoms with Crippen LogP contribution in [0.2, 0.25) is 0 Å². The van der Waals surface area contributed by atoms with Gasteiger partial charge in [-0.05, 0) is 67.8 Å². The van der Waals surface area contributed by atoms with E-state index in [4.69, 9.17) is 4.74 Å². The zero-order valence-electron chi connectivity index (χ0n) is 31.9. The van der Waals surface area contributed by atoms with Gasteiger partial charge < -0.3 is 20.1 Å². The normalized spacial score (nSPS) is 14.4. The summed E-state index contributed by atoms with van der Waals surface area (Å²) in [6, 6.07) is 7.71. The molecular weight excluding hydrogens is 621 g/mol. The molecular formula is C40H64N2O5S. The summed E-state index contributed by atoms with van der Waals surface area (Å²) in [6.07, 6.45) is 8.56. The topological polar surface area (TPSA) is 95.9 Å². The van der Waals surface area contributed by atoms with Gasteiger partial charge in [0.15, 0.2) is 0 Å². The molecule has 0 bridgehead atoms. The summed E-state index contributed by atoms with van der Waals surface area (Å²) in [5.74, 6) is 3.86. The van der Waals surface area contributed by atoms with E-state index >= 15 is 0 Å². The lowest BCUT2D eigenvalue weighted by Gasteiger charge is -2.18. The van der Waals surface area contributed by atoms with Crippen LogP contribution >= 0.6 is 11.8 Å². The highest BCUT2D eigenvalue weighted by molar-refractivity contribution is 8.12. The number of ether oxygens (including phenoxy) is 1. The number of nitrogens with one attached hydrogen (secondary N) is 1. The quantitative estimate of drug-likeness (QED) is 0.0931. The standard InChI is InChI=1S/C21H27NO2S.C14H23NO3.C3H8.C2H6/c1-6-7-12-25-21(16(4)5)18-10-8-17(9-11-18)19(22-14-23)13-20(24)15(2)3;1-4-5-11(2)8-13(18-3)9-14(17)15-7-6-12(16)10-15;1-3-2;1-2/h8-11,14-15,19H,6,13H2,1-5H3,(H,22,23);5,8,12,16H,4,6-7,9-10H2,1-3H3;3H2,1-2H3;1-2H3/b;11-5+,13-8-;;. The number of nitrogens with zero attached hydrogens (tertiary/aromatic N) is 1. The fourth-order valence-electron chi connectivity index (χ4n) is 4.31. The number of allylic oxidation sites excluding steroid dienone is 4.